The lowest BCUT2D eigenvalue weighted by molar-refractivity contribution is 0.464. The molecule has 104 heavy (non-hydrogen) atoms. The Balaban J connectivity index is 0.000000147. The summed E-state index contributed by atoms with van der Waals surface area (Å²) >= 11 is 0. The summed E-state index contributed by atoms with van der Waals surface area (Å²) < 4.78 is 20.1. The Hall–Kier alpha value is -12.8. The molecule has 6 aliphatic rings. The number of hydrogen-bond acceptors (Lipinski definition) is 6. The molecule has 0 saturated carbocycles. The largest absolute Gasteiger partial charge is 0.458 e. The normalized spacial score (nSPS) is 13.9. The molecule has 0 spiro atoms. The molecule has 0 unspecified atom stereocenters. The van der Waals surface area contributed by atoms with E-state index >= 15 is 0 Å². The summed E-state index contributed by atoms with van der Waals surface area (Å²) in [6, 6.07) is 124. The fraction of sp³-hybridized carbons (Fsp3) is 0.0625. The molecule has 0 fully saturated rings. The van der Waals surface area contributed by atoms with Crippen molar-refractivity contribution in [3.05, 3.63) is 368 Å². The summed E-state index contributed by atoms with van der Waals surface area (Å²) in [5.74, 6) is 5.42. The van der Waals surface area contributed by atoms with E-state index in [-0.39, 0.29) is 24.3 Å². The zero-order chi connectivity index (χ0) is 69.4. The van der Waals surface area contributed by atoms with Gasteiger partial charge in [0.15, 0.2) is 0 Å². The van der Waals surface area contributed by atoms with Crippen molar-refractivity contribution in [1.29, 1.82) is 0 Å². The van der Waals surface area contributed by atoms with Gasteiger partial charge in [-0.2, -0.15) is 0 Å². The highest BCUT2D eigenvalue weighted by Crippen LogP contribution is 2.55. The smallest absolute Gasteiger partial charge is 0.260 e. The van der Waals surface area contributed by atoms with Gasteiger partial charge in [0, 0.05) is 67.5 Å². The van der Waals surface area contributed by atoms with Gasteiger partial charge < -0.3 is 28.9 Å². The monoisotopic (exact) mass is 1330 g/mol. The van der Waals surface area contributed by atoms with Crippen LogP contribution in [0.4, 0.5) is 51.2 Å². The minimum Gasteiger partial charge on any atom is -0.458 e. The molecule has 0 N–H and O–H groups in total. The van der Waals surface area contributed by atoms with Crippen LogP contribution in [0.2, 0.25) is 0 Å². The molecule has 6 nitrogen and oxygen atoms in total. The zero-order valence-corrected chi connectivity index (χ0v) is 58.1. The van der Waals surface area contributed by atoms with Crippen molar-refractivity contribution < 1.29 is 14.2 Å². The number of nitrogens with zero attached hydrogens (tertiary/aromatic N) is 3. The van der Waals surface area contributed by atoms with Crippen LogP contribution in [-0.2, 0) is 10.8 Å². The van der Waals surface area contributed by atoms with Crippen LogP contribution in [-0.4, -0.2) is 13.4 Å². The van der Waals surface area contributed by atoms with Gasteiger partial charge in [-0.05, 0) is 228 Å². The third-order valence-electron chi connectivity index (χ3n) is 22.5. The summed E-state index contributed by atoms with van der Waals surface area (Å²) in [6.07, 6.45) is 0. The highest BCUT2D eigenvalue weighted by Gasteiger charge is 2.47. The van der Waals surface area contributed by atoms with Gasteiger partial charge in [-0.1, -0.05) is 240 Å². The number of anilines is 9. The van der Waals surface area contributed by atoms with E-state index in [9.17, 15) is 0 Å². The van der Waals surface area contributed by atoms with Gasteiger partial charge in [0.25, 0.3) is 13.4 Å². The lowest BCUT2D eigenvalue weighted by Crippen LogP contribution is -2.59. The maximum atomic E-state index is 7.07. The van der Waals surface area contributed by atoms with E-state index in [1.165, 1.54) is 99.8 Å². The molecule has 0 saturated heterocycles. The van der Waals surface area contributed by atoms with Gasteiger partial charge in [-0.25, -0.2) is 0 Å². The molecule has 0 radical (unpaired) electrons. The third kappa shape index (κ3) is 9.73. The summed E-state index contributed by atoms with van der Waals surface area (Å²) in [4.78, 5) is 7.13. The van der Waals surface area contributed by atoms with Crippen molar-refractivity contribution in [2.75, 3.05) is 14.7 Å². The number of fused-ring (bicyclic) bond motifs is 14. The van der Waals surface area contributed by atoms with E-state index in [4.69, 9.17) is 14.2 Å². The number of rotatable bonds is 9. The molecule has 492 valence electrons. The van der Waals surface area contributed by atoms with Crippen LogP contribution >= 0.6 is 0 Å². The van der Waals surface area contributed by atoms with E-state index < -0.39 is 0 Å². The summed E-state index contributed by atoms with van der Waals surface area (Å²) in [6.45, 7) is 9.51. The molecule has 8 heteroatoms. The summed E-state index contributed by atoms with van der Waals surface area (Å²) in [7, 11) is 0. The maximum Gasteiger partial charge on any atom is 0.260 e. The molecule has 0 amide bonds. The average molecular weight is 1330 g/mol. The van der Waals surface area contributed by atoms with Crippen LogP contribution in [0.5, 0.6) is 34.5 Å². The van der Waals surface area contributed by atoms with Crippen LogP contribution in [0.25, 0.3) is 44.5 Å². The van der Waals surface area contributed by atoms with Crippen molar-refractivity contribution in [1.82, 2.24) is 0 Å². The van der Waals surface area contributed by atoms with Gasteiger partial charge in [0.1, 0.15) is 34.5 Å². The van der Waals surface area contributed by atoms with E-state index in [0.29, 0.717) is 0 Å². The van der Waals surface area contributed by atoms with E-state index in [1.807, 2.05) is 12.1 Å². The van der Waals surface area contributed by atoms with Crippen LogP contribution in [0.3, 0.4) is 0 Å². The van der Waals surface area contributed by atoms with Crippen molar-refractivity contribution in [2.24, 2.45) is 0 Å². The highest BCUT2D eigenvalue weighted by atomic mass is 16.5. The maximum absolute atomic E-state index is 7.07. The van der Waals surface area contributed by atoms with Crippen molar-refractivity contribution in [2.45, 2.75) is 38.5 Å². The second kappa shape index (κ2) is 23.9. The number of benzene rings is 15. The van der Waals surface area contributed by atoms with E-state index in [1.54, 1.807) is 0 Å². The summed E-state index contributed by atoms with van der Waals surface area (Å²) in [5.41, 5.74) is 32.1. The molecule has 15 aromatic carbocycles. The van der Waals surface area contributed by atoms with Gasteiger partial charge in [-0.3, -0.25) is 0 Å². The standard InChI is InChI=1S/C57H41BN2O.C39H28BNO2/c1-57(2)48-35-45(59(42-20-11-5-12-21-42)43-22-13-6-14-23-43)31-32-46(48)47-36-55-51(37-49(47)57)58-50-34-41(39-18-9-4-10-19-39)28-33-52(50)60(53-24-15-25-54(61-55)56(53)58)44-29-26-40(27-30-44)38-16-7-3-8-17-38;1-39(2)30-22-27(41(25-12-5-3-6-13-25)26-14-7-4-8-15-26)20-21-28(30)29-23-37-33(24-31(29)39)40-32-16-9-10-17-34(32)42-35-18-11-19-36(43-37)38(35)40/h3-37H,1-2H3;3-24H,1-2H3. The molecule has 15 aromatic rings. The molecule has 21 rings (SSSR count). The number of ether oxygens (including phenoxy) is 3. The Labute approximate surface area is 608 Å². The predicted octanol–water partition coefficient (Wildman–Crippen LogP) is 21.4. The SMILES string of the molecule is CC1(C)c2cc(N(c3ccccc3)c3ccccc3)ccc2-c2cc3c(cc21)B1c2cc(-c4ccccc4)ccc2N(c2ccc(-c4ccccc4)cc2)c2cccc(c21)O3.CC1(C)c2cc(N(c3ccccc3)c3ccccc3)ccc2-c2cc3c(cc21)B1c2ccccc2Oc2cccc(c21)O3. The van der Waals surface area contributed by atoms with Crippen molar-refractivity contribution in [3.63, 3.8) is 0 Å². The second-order valence-electron chi connectivity index (χ2n) is 29.0. The lowest BCUT2D eigenvalue weighted by atomic mass is 9.34. The fourth-order valence-corrected chi connectivity index (χ4v) is 17.5. The summed E-state index contributed by atoms with van der Waals surface area (Å²) in [5, 5.41) is 0. The Morgan fingerprint density at radius 2 is 0.635 bits per heavy atom. The number of hydrogen-bond donors (Lipinski definition) is 0. The molecule has 4 heterocycles. The molecule has 0 aromatic heterocycles. The first-order valence-corrected chi connectivity index (χ1v) is 36.1. The van der Waals surface area contributed by atoms with Crippen LogP contribution in [0.15, 0.2) is 346 Å². The van der Waals surface area contributed by atoms with Crippen LogP contribution in [0.1, 0.15) is 49.9 Å². The lowest BCUT2D eigenvalue weighted by Gasteiger charge is -2.40. The van der Waals surface area contributed by atoms with E-state index in [2.05, 4.69) is 376 Å². The van der Waals surface area contributed by atoms with Crippen LogP contribution < -0.4 is 61.7 Å². The predicted molar refractivity (Wildman–Crippen MR) is 432 cm³/mol. The minimum atomic E-state index is -0.259. The Bertz CT molecular complexity index is 5830. The van der Waals surface area contributed by atoms with Crippen molar-refractivity contribution >= 4 is 97.4 Å². The van der Waals surface area contributed by atoms with Gasteiger partial charge in [0.2, 0.25) is 0 Å². The first-order valence-electron chi connectivity index (χ1n) is 36.1. The third-order valence-corrected chi connectivity index (χ3v) is 22.5. The molecule has 0 atom stereocenters. The molecule has 0 bridgehead atoms. The quantitative estimate of drug-likeness (QED) is 0.134. The Morgan fingerprint density at radius 1 is 0.250 bits per heavy atom. The van der Waals surface area contributed by atoms with Gasteiger partial charge in [0.05, 0.1) is 0 Å². The number of para-hydroxylation sites is 5. The van der Waals surface area contributed by atoms with Gasteiger partial charge in [-0.15, -0.1) is 0 Å². The highest BCUT2D eigenvalue weighted by molar-refractivity contribution is 6.99. The molecule has 4 aliphatic heterocycles. The molecular formula is C96H69B2N3O3. The second-order valence-corrected chi connectivity index (χ2v) is 29.0. The van der Waals surface area contributed by atoms with Gasteiger partial charge >= 0.3 is 0 Å². The van der Waals surface area contributed by atoms with Crippen molar-refractivity contribution in [3.8, 4) is 79.0 Å². The average Bonchev–Trinajstić information content (AvgIpc) is 1.39. The Morgan fingerprint density at radius 3 is 1.13 bits per heavy atom. The topological polar surface area (TPSA) is 37.4 Å². The van der Waals surface area contributed by atoms with Crippen LogP contribution in [0, 0.1) is 0 Å². The molecular weight excluding hydrogens is 1260 g/mol. The van der Waals surface area contributed by atoms with E-state index in [0.717, 1.165) is 85.5 Å². The first-order chi connectivity index (χ1) is 51.1. The first kappa shape index (κ1) is 61.1. The Kier molecular flexibility index (Phi) is 14.1. The zero-order valence-electron chi connectivity index (χ0n) is 58.1. The minimum absolute atomic E-state index is 0.0273. The fourth-order valence-electron chi connectivity index (χ4n) is 17.5. The molecule has 2 aliphatic carbocycles.